The molecule has 2 aromatic heterocycles. The second-order valence-electron chi connectivity index (χ2n) is 6.03. The number of urea groups is 1. The summed E-state index contributed by atoms with van der Waals surface area (Å²) >= 11 is 0. The summed E-state index contributed by atoms with van der Waals surface area (Å²) in [5, 5.41) is 10.1. The van der Waals surface area contributed by atoms with Crippen molar-refractivity contribution in [3.63, 3.8) is 0 Å². The maximum Gasteiger partial charge on any atom is 0.316 e. The molecule has 0 unspecified atom stereocenters. The standard InChI is InChI=1S/C18H22N6O/c1-13(15-11-20-24(3)12-15)21-18(25)22-16(14-7-5-4-6-8-14)17-19-9-10-23(17)2/h4-13,16H,1-3H3,(H2,21,22,25)/t13-,16+/m1/s1. The Morgan fingerprint density at radius 1 is 1.12 bits per heavy atom. The highest BCUT2D eigenvalue weighted by Crippen LogP contribution is 2.20. The van der Waals surface area contributed by atoms with Gasteiger partial charge in [-0.3, -0.25) is 4.68 Å². The van der Waals surface area contributed by atoms with Crippen molar-refractivity contribution < 1.29 is 4.79 Å². The fourth-order valence-electron chi connectivity index (χ4n) is 2.71. The number of hydrogen-bond acceptors (Lipinski definition) is 3. The molecule has 2 atom stereocenters. The minimum absolute atomic E-state index is 0.147. The van der Waals surface area contributed by atoms with Crippen LogP contribution >= 0.6 is 0 Å². The van der Waals surface area contributed by atoms with E-state index in [-0.39, 0.29) is 18.1 Å². The third kappa shape index (κ3) is 3.88. The molecule has 0 bridgehead atoms. The average Bonchev–Trinajstić information content (AvgIpc) is 3.22. The van der Waals surface area contributed by atoms with Crippen LogP contribution in [-0.2, 0) is 14.1 Å². The lowest BCUT2D eigenvalue weighted by Crippen LogP contribution is -2.40. The van der Waals surface area contributed by atoms with Gasteiger partial charge in [0, 0.05) is 38.2 Å². The molecule has 0 spiro atoms. The molecule has 0 saturated carbocycles. The molecular weight excluding hydrogens is 316 g/mol. The van der Waals surface area contributed by atoms with Crippen molar-refractivity contribution in [1.82, 2.24) is 30.0 Å². The Morgan fingerprint density at radius 3 is 2.48 bits per heavy atom. The van der Waals surface area contributed by atoms with E-state index >= 15 is 0 Å². The zero-order valence-electron chi connectivity index (χ0n) is 14.5. The lowest BCUT2D eigenvalue weighted by atomic mass is 10.1. The molecule has 2 N–H and O–H groups in total. The first-order valence-electron chi connectivity index (χ1n) is 8.12. The van der Waals surface area contributed by atoms with Crippen LogP contribution in [0.25, 0.3) is 0 Å². The van der Waals surface area contributed by atoms with E-state index in [1.165, 1.54) is 0 Å². The van der Waals surface area contributed by atoms with Crippen LogP contribution in [-0.4, -0.2) is 25.4 Å². The van der Waals surface area contributed by atoms with Gasteiger partial charge in [-0.1, -0.05) is 30.3 Å². The van der Waals surface area contributed by atoms with Gasteiger partial charge in [0.25, 0.3) is 0 Å². The van der Waals surface area contributed by atoms with Crippen LogP contribution in [0.2, 0.25) is 0 Å². The number of aryl methyl sites for hydroxylation is 2. The number of hydrogen-bond donors (Lipinski definition) is 2. The predicted molar refractivity (Wildman–Crippen MR) is 94.8 cm³/mol. The average molecular weight is 338 g/mol. The van der Waals surface area contributed by atoms with Crippen LogP contribution in [0.1, 0.15) is 36.0 Å². The molecule has 2 amide bonds. The van der Waals surface area contributed by atoms with Crippen LogP contribution in [0.4, 0.5) is 4.79 Å². The lowest BCUT2D eigenvalue weighted by Gasteiger charge is -2.21. The quantitative estimate of drug-likeness (QED) is 0.749. The number of rotatable bonds is 5. The number of benzene rings is 1. The minimum atomic E-state index is -0.331. The minimum Gasteiger partial charge on any atom is -0.336 e. The highest BCUT2D eigenvalue weighted by molar-refractivity contribution is 5.75. The lowest BCUT2D eigenvalue weighted by molar-refractivity contribution is 0.235. The Labute approximate surface area is 146 Å². The number of carbonyl (C=O) groups excluding carboxylic acids is 1. The Bertz CT molecular complexity index is 838. The van der Waals surface area contributed by atoms with Crippen molar-refractivity contribution in [3.05, 3.63) is 72.1 Å². The first-order chi connectivity index (χ1) is 12.0. The molecule has 3 rings (SSSR count). The van der Waals surface area contributed by atoms with Crippen molar-refractivity contribution in [1.29, 1.82) is 0 Å². The van der Waals surface area contributed by atoms with Crippen molar-refractivity contribution in [3.8, 4) is 0 Å². The molecule has 3 aromatic rings. The van der Waals surface area contributed by atoms with Crippen molar-refractivity contribution in [2.24, 2.45) is 14.1 Å². The third-order valence-electron chi connectivity index (χ3n) is 4.10. The summed E-state index contributed by atoms with van der Waals surface area (Å²) in [6.45, 7) is 1.93. The summed E-state index contributed by atoms with van der Waals surface area (Å²) in [7, 11) is 3.76. The maximum atomic E-state index is 12.5. The van der Waals surface area contributed by atoms with Gasteiger partial charge in [0.2, 0.25) is 0 Å². The van der Waals surface area contributed by atoms with E-state index in [4.69, 9.17) is 0 Å². The molecule has 0 fully saturated rings. The summed E-state index contributed by atoms with van der Waals surface area (Å²) in [5.41, 5.74) is 1.92. The zero-order chi connectivity index (χ0) is 17.8. The molecule has 0 aliphatic rings. The Morgan fingerprint density at radius 2 is 1.88 bits per heavy atom. The van der Waals surface area contributed by atoms with Crippen LogP contribution in [0.3, 0.4) is 0 Å². The molecule has 25 heavy (non-hydrogen) atoms. The van der Waals surface area contributed by atoms with Crippen molar-refractivity contribution >= 4 is 6.03 Å². The summed E-state index contributed by atoms with van der Waals surface area (Å²) in [5.74, 6) is 0.774. The molecule has 7 heteroatoms. The Kier molecular flexibility index (Phi) is 4.83. The Balaban J connectivity index is 1.76. The van der Waals surface area contributed by atoms with Gasteiger partial charge in [0.05, 0.1) is 12.2 Å². The number of nitrogens with one attached hydrogen (secondary N) is 2. The first-order valence-corrected chi connectivity index (χ1v) is 8.12. The smallest absolute Gasteiger partial charge is 0.316 e. The fraction of sp³-hybridized carbons (Fsp3) is 0.278. The van der Waals surface area contributed by atoms with Crippen LogP contribution in [0.5, 0.6) is 0 Å². The largest absolute Gasteiger partial charge is 0.336 e. The fourth-order valence-corrected chi connectivity index (χ4v) is 2.71. The molecule has 0 aliphatic heterocycles. The number of imidazole rings is 1. The second-order valence-corrected chi connectivity index (χ2v) is 6.03. The summed E-state index contributed by atoms with van der Waals surface area (Å²) in [6.07, 6.45) is 7.23. The predicted octanol–water partition coefficient (Wildman–Crippen LogP) is 2.30. The third-order valence-corrected chi connectivity index (χ3v) is 4.10. The molecule has 1 aromatic carbocycles. The topological polar surface area (TPSA) is 76.8 Å². The molecular formula is C18H22N6O. The molecule has 7 nitrogen and oxygen atoms in total. The van der Waals surface area contributed by atoms with Gasteiger partial charge in [-0.2, -0.15) is 5.10 Å². The zero-order valence-corrected chi connectivity index (χ0v) is 14.5. The van der Waals surface area contributed by atoms with Crippen LogP contribution in [0.15, 0.2) is 55.1 Å². The van der Waals surface area contributed by atoms with Gasteiger partial charge in [-0.05, 0) is 12.5 Å². The summed E-state index contributed by atoms with van der Waals surface area (Å²) in [6, 6.07) is 9.06. The van der Waals surface area contributed by atoms with Gasteiger partial charge in [0.15, 0.2) is 0 Å². The molecule has 0 radical (unpaired) electrons. The SMILES string of the molecule is C[C@@H](NC(=O)N[C@@H](c1ccccc1)c1nccn1C)c1cnn(C)c1. The first kappa shape index (κ1) is 16.8. The highest BCUT2D eigenvalue weighted by atomic mass is 16.2. The van der Waals surface area contributed by atoms with Crippen LogP contribution < -0.4 is 10.6 Å². The summed E-state index contributed by atoms with van der Waals surface area (Å²) < 4.78 is 3.62. The van der Waals surface area contributed by atoms with Gasteiger partial charge in [-0.25, -0.2) is 9.78 Å². The van der Waals surface area contributed by atoms with Gasteiger partial charge in [0.1, 0.15) is 11.9 Å². The molecule has 0 aliphatic carbocycles. The number of carbonyl (C=O) groups is 1. The van der Waals surface area contributed by atoms with E-state index in [0.29, 0.717) is 0 Å². The van der Waals surface area contributed by atoms with E-state index in [9.17, 15) is 4.79 Å². The van der Waals surface area contributed by atoms with Gasteiger partial charge < -0.3 is 15.2 Å². The molecule has 130 valence electrons. The van der Waals surface area contributed by atoms with Crippen molar-refractivity contribution in [2.45, 2.75) is 19.0 Å². The maximum absolute atomic E-state index is 12.5. The normalized spacial score (nSPS) is 13.2. The monoisotopic (exact) mass is 338 g/mol. The van der Waals surface area contributed by atoms with E-state index in [0.717, 1.165) is 17.0 Å². The second kappa shape index (κ2) is 7.21. The number of amides is 2. The summed E-state index contributed by atoms with van der Waals surface area (Å²) in [4.78, 5) is 16.9. The van der Waals surface area contributed by atoms with E-state index in [1.807, 2.05) is 68.3 Å². The van der Waals surface area contributed by atoms with Gasteiger partial charge >= 0.3 is 6.03 Å². The van der Waals surface area contributed by atoms with E-state index in [1.54, 1.807) is 17.1 Å². The number of nitrogens with zero attached hydrogens (tertiary/aromatic N) is 4. The molecule has 0 saturated heterocycles. The van der Waals surface area contributed by atoms with E-state index in [2.05, 4.69) is 20.7 Å². The Hall–Kier alpha value is -3.09. The van der Waals surface area contributed by atoms with E-state index < -0.39 is 0 Å². The highest BCUT2D eigenvalue weighted by Gasteiger charge is 2.21. The van der Waals surface area contributed by atoms with Crippen molar-refractivity contribution in [2.75, 3.05) is 0 Å². The van der Waals surface area contributed by atoms with Crippen LogP contribution in [0, 0.1) is 0 Å². The number of aromatic nitrogens is 4. The van der Waals surface area contributed by atoms with Gasteiger partial charge in [-0.15, -0.1) is 0 Å². The molecule has 2 heterocycles.